The average molecular weight is 284 g/mol. The van der Waals surface area contributed by atoms with Gasteiger partial charge in [-0.05, 0) is 49.6 Å². The second-order valence-corrected chi connectivity index (χ2v) is 5.41. The van der Waals surface area contributed by atoms with Crippen LogP contribution in [0.2, 0.25) is 5.02 Å². The van der Waals surface area contributed by atoms with Crippen LogP contribution in [0.3, 0.4) is 0 Å². The fourth-order valence-electron chi connectivity index (χ4n) is 2.59. The van der Waals surface area contributed by atoms with Crippen LogP contribution in [0.5, 0.6) is 5.75 Å². The van der Waals surface area contributed by atoms with Gasteiger partial charge in [0, 0.05) is 31.2 Å². The molecule has 1 N–H and O–H groups in total. The van der Waals surface area contributed by atoms with Gasteiger partial charge < -0.3 is 14.8 Å². The first-order valence-corrected chi connectivity index (χ1v) is 7.22. The Kier molecular flexibility index (Phi) is 5.49. The van der Waals surface area contributed by atoms with Gasteiger partial charge in [-0.2, -0.15) is 0 Å². The lowest BCUT2D eigenvalue weighted by Gasteiger charge is -2.18. The number of methoxy groups -OCH3 is 1. The van der Waals surface area contributed by atoms with Gasteiger partial charge in [0.15, 0.2) is 0 Å². The Bertz CT molecular complexity index is 423. The zero-order chi connectivity index (χ0) is 13.7. The van der Waals surface area contributed by atoms with E-state index in [0.717, 1.165) is 49.7 Å². The smallest absolute Gasteiger partial charge is 0.125 e. The molecule has 0 spiro atoms. The SMILES string of the molecule is CNC(CCCOC)Cc1cc(Cl)cc2c1OCC2. The lowest BCUT2D eigenvalue weighted by Crippen LogP contribution is -2.28. The van der Waals surface area contributed by atoms with Gasteiger partial charge >= 0.3 is 0 Å². The minimum Gasteiger partial charge on any atom is -0.493 e. The fourth-order valence-corrected chi connectivity index (χ4v) is 2.85. The maximum absolute atomic E-state index is 6.19. The molecule has 0 aromatic heterocycles. The van der Waals surface area contributed by atoms with Crippen LogP contribution in [-0.4, -0.2) is 33.4 Å². The van der Waals surface area contributed by atoms with Crippen LogP contribution in [0, 0.1) is 0 Å². The Morgan fingerprint density at radius 3 is 3.05 bits per heavy atom. The molecule has 0 saturated heterocycles. The predicted molar refractivity (Wildman–Crippen MR) is 78.3 cm³/mol. The lowest BCUT2D eigenvalue weighted by atomic mass is 9.99. The molecule has 0 bridgehead atoms. The normalized spacial score (nSPS) is 15.1. The number of rotatable bonds is 7. The lowest BCUT2D eigenvalue weighted by molar-refractivity contribution is 0.189. The first-order chi connectivity index (χ1) is 9.24. The Hall–Kier alpha value is -0.770. The van der Waals surface area contributed by atoms with Gasteiger partial charge in [0.05, 0.1) is 6.61 Å². The summed E-state index contributed by atoms with van der Waals surface area (Å²) in [5, 5.41) is 4.18. The van der Waals surface area contributed by atoms with Crippen LogP contribution in [0.25, 0.3) is 0 Å². The number of fused-ring (bicyclic) bond motifs is 1. The minimum atomic E-state index is 0.432. The number of halogens is 1. The Morgan fingerprint density at radius 1 is 1.47 bits per heavy atom. The van der Waals surface area contributed by atoms with Crippen molar-refractivity contribution in [1.29, 1.82) is 0 Å². The number of likely N-dealkylation sites (N-methyl/N-ethyl adjacent to an activating group) is 1. The van der Waals surface area contributed by atoms with Crippen molar-refractivity contribution >= 4 is 11.6 Å². The van der Waals surface area contributed by atoms with E-state index in [2.05, 4.69) is 5.32 Å². The second-order valence-electron chi connectivity index (χ2n) is 4.98. The summed E-state index contributed by atoms with van der Waals surface area (Å²) in [5.74, 6) is 1.05. The molecule has 1 unspecified atom stereocenters. The van der Waals surface area contributed by atoms with Gasteiger partial charge in [0.25, 0.3) is 0 Å². The molecular weight excluding hydrogens is 262 g/mol. The molecule has 1 aromatic rings. The molecule has 1 heterocycles. The van der Waals surface area contributed by atoms with Gasteiger partial charge in [-0.3, -0.25) is 0 Å². The predicted octanol–water partition coefficient (Wildman–Crippen LogP) is 2.83. The number of hydrogen-bond donors (Lipinski definition) is 1. The molecule has 0 aliphatic carbocycles. The Morgan fingerprint density at radius 2 is 2.32 bits per heavy atom. The highest BCUT2D eigenvalue weighted by atomic mass is 35.5. The third kappa shape index (κ3) is 3.85. The summed E-state index contributed by atoms with van der Waals surface area (Å²) in [7, 11) is 3.75. The summed E-state index contributed by atoms with van der Waals surface area (Å²) in [4.78, 5) is 0. The molecule has 1 aliphatic rings. The third-order valence-electron chi connectivity index (χ3n) is 3.60. The molecule has 1 aromatic carbocycles. The molecule has 2 rings (SSSR count). The topological polar surface area (TPSA) is 30.5 Å². The van der Waals surface area contributed by atoms with Crippen molar-refractivity contribution in [1.82, 2.24) is 5.32 Å². The van der Waals surface area contributed by atoms with Gasteiger partial charge in [-0.15, -0.1) is 0 Å². The van der Waals surface area contributed by atoms with Crippen molar-refractivity contribution in [3.05, 3.63) is 28.3 Å². The van der Waals surface area contributed by atoms with Crippen molar-refractivity contribution in [2.24, 2.45) is 0 Å². The molecule has 0 saturated carbocycles. The number of ether oxygens (including phenoxy) is 2. The summed E-state index contributed by atoms with van der Waals surface area (Å²) < 4.78 is 10.9. The highest BCUT2D eigenvalue weighted by Gasteiger charge is 2.19. The quantitative estimate of drug-likeness (QED) is 0.781. The highest BCUT2D eigenvalue weighted by Crippen LogP contribution is 2.33. The van der Waals surface area contributed by atoms with Crippen molar-refractivity contribution in [2.75, 3.05) is 27.4 Å². The average Bonchev–Trinajstić information content (AvgIpc) is 2.85. The minimum absolute atomic E-state index is 0.432. The zero-order valence-corrected chi connectivity index (χ0v) is 12.4. The maximum Gasteiger partial charge on any atom is 0.125 e. The maximum atomic E-state index is 6.19. The van der Waals surface area contributed by atoms with Crippen LogP contribution >= 0.6 is 11.6 Å². The van der Waals surface area contributed by atoms with E-state index in [9.17, 15) is 0 Å². The van der Waals surface area contributed by atoms with E-state index >= 15 is 0 Å². The van der Waals surface area contributed by atoms with Crippen LogP contribution < -0.4 is 10.1 Å². The van der Waals surface area contributed by atoms with E-state index < -0.39 is 0 Å². The standard InChI is InChI=1S/C15H22ClNO2/c1-17-14(4-3-6-18-2)10-12-9-13(16)8-11-5-7-19-15(11)12/h8-9,14,17H,3-7,10H2,1-2H3. The van der Waals surface area contributed by atoms with Crippen molar-refractivity contribution in [3.8, 4) is 5.75 Å². The molecule has 3 nitrogen and oxygen atoms in total. The third-order valence-corrected chi connectivity index (χ3v) is 3.82. The molecule has 4 heteroatoms. The Balaban J connectivity index is 2.05. The molecular formula is C15H22ClNO2. The summed E-state index contributed by atoms with van der Waals surface area (Å²) in [6.07, 6.45) is 4.07. The number of hydrogen-bond acceptors (Lipinski definition) is 3. The van der Waals surface area contributed by atoms with Crippen molar-refractivity contribution < 1.29 is 9.47 Å². The number of nitrogens with one attached hydrogen (secondary N) is 1. The van der Waals surface area contributed by atoms with E-state index in [-0.39, 0.29) is 0 Å². The van der Waals surface area contributed by atoms with E-state index in [1.165, 1.54) is 11.1 Å². The Labute approximate surface area is 120 Å². The van der Waals surface area contributed by atoms with Gasteiger partial charge in [-0.25, -0.2) is 0 Å². The van der Waals surface area contributed by atoms with Crippen LogP contribution in [-0.2, 0) is 17.6 Å². The van der Waals surface area contributed by atoms with Gasteiger partial charge in [0.1, 0.15) is 5.75 Å². The van der Waals surface area contributed by atoms with E-state index in [1.54, 1.807) is 7.11 Å². The van der Waals surface area contributed by atoms with Crippen molar-refractivity contribution in [3.63, 3.8) is 0 Å². The molecule has 1 atom stereocenters. The van der Waals surface area contributed by atoms with Gasteiger partial charge in [0.2, 0.25) is 0 Å². The molecule has 106 valence electrons. The van der Waals surface area contributed by atoms with Crippen molar-refractivity contribution in [2.45, 2.75) is 31.7 Å². The molecule has 19 heavy (non-hydrogen) atoms. The summed E-state index contributed by atoms with van der Waals surface area (Å²) in [6.45, 7) is 1.58. The van der Waals surface area contributed by atoms with E-state index in [1.807, 2.05) is 19.2 Å². The highest BCUT2D eigenvalue weighted by molar-refractivity contribution is 6.30. The monoisotopic (exact) mass is 283 g/mol. The van der Waals surface area contributed by atoms with Crippen LogP contribution in [0.4, 0.5) is 0 Å². The first-order valence-electron chi connectivity index (χ1n) is 6.85. The summed E-state index contributed by atoms with van der Waals surface area (Å²) in [6, 6.07) is 4.49. The molecule has 1 aliphatic heterocycles. The second kappa shape index (κ2) is 7.13. The fraction of sp³-hybridized carbons (Fsp3) is 0.600. The largest absolute Gasteiger partial charge is 0.493 e. The van der Waals surface area contributed by atoms with E-state index in [0.29, 0.717) is 6.04 Å². The molecule has 0 fully saturated rings. The summed E-state index contributed by atoms with van der Waals surface area (Å²) in [5.41, 5.74) is 2.46. The van der Waals surface area contributed by atoms with Gasteiger partial charge in [-0.1, -0.05) is 11.6 Å². The van der Waals surface area contributed by atoms with Crippen LogP contribution in [0.1, 0.15) is 24.0 Å². The molecule has 0 radical (unpaired) electrons. The number of benzene rings is 1. The summed E-state index contributed by atoms with van der Waals surface area (Å²) >= 11 is 6.19. The first kappa shape index (κ1) is 14.6. The zero-order valence-electron chi connectivity index (χ0n) is 11.7. The molecule has 0 amide bonds. The van der Waals surface area contributed by atoms with Crippen LogP contribution in [0.15, 0.2) is 12.1 Å². The van der Waals surface area contributed by atoms with E-state index in [4.69, 9.17) is 21.1 Å².